The highest BCUT2D eigenvalue weighted by molar-refractivity contribution is 6.17. The van der Waals surface area contributed by atoms with Crippen molar-refractivity contribution in [1.82, 2.24) is 9.13 Å². The van der Waals surface area contributed by atoms with Crippen LogP contribution in [0.2, 0.25) is 0 Å². The molecule has 0 atom stereocenters. The lowest BCUT2D eigenvalue weighted by molar-refractivity contribution is 1.18. The molecule has 0 saturated heterocycles. The van der Waals surface area contributed by atoms with E-state index in [2.05, 4.69) is 203 Å². The first-order valence-electron chi connectivity index (χ1n) is 17.2. The molecule has 0 N–H and O–H groups in total. The third kappa shape index (κ3) is 4.36. The molecule has 0 fully saturated rings. The number of hydrogen-bond donors (Lipinski definition) is 0. The van der Waals surface area contributed by atoms with E-state index in [4.69, 9.17) is 0 Å². The van der Waals surface area contributed by atoms with Gasteiger partial charge in [0.25, 0.3) is 0 Å². The molecular formula is C48H32N2. The summed E-state index contributed by atoms with van der Waals surface area (Å²) in [7, 11) is 0. The van der Waals surface area contributed by atoms with Crippen LogP contribution in [0.15, 0.2) is 194 Å². The number of rotatable bonds is 5. The van der Waals surface area contributed by atoms with E-state index in [0.717, 1.165) is 5.69 Å². The van der Waals surface area contributed by atoms with Gasteiger partial charge in [0, 0.05) is 32.8 Å². The topological polar surface area (TPSA) is 9.86 Å². The smallest absolute Gasteiger partial charge is 0.0547 e. The van der Waals surface area contributed by atoms with Gasteiger partial charge < -0.3 is 9.13 Å². The van der Waals surface area contributed by atoms with Gasteiger partial charge in [0.15, 0.2) is 0 Å². The van der Waals surface area contributed by atoms with Gasteiger partial charge in [0.1, 0.15) is 0 Å². The summed E-state index contributed by atoms with van der Waals surface area (Å²) in [5, 5.41) is 5.02. The highest BCUT2D eigenvalue weighted by atomic mass is 15.0. The molecule has 2 nitrogen and oxygen atoms in total. The molecule has 0 saturated carbocycles. The Kier molecular flexibility index (Phi) is 6.53. The van der Waals surface area contributed by atoms with Crippen molar-refractivity contribution in [2.24, 2.45) is 0 Å². The first-order chi connectivity index (χ1) is 24.8. The van der Waals surface area contributed by atoms with Crippen LogP contribution in [0.1, 0.15) is 0 Å². The largest absolute Gasteiger partial charge is 0.309 e. The standard InChI is InChI=1S/C48H32N2/c1-4-16-33(17-5-1)37-24-14-28-44(47(37)34-18-6-2-7-19-34)50-43-27-13-11-23-41(43)48-38(25-15-29-45(48)50)35-30-31-40-39-22-10-12-26-42(39)49(46(40)32-35)36-20-8-3-9-21-36/h1-32H. The SMILES string of the molecule is c1ccc(-c2cccc(-n3c4ccccc4c4c(-c5ccc6c7ccccc7n(-c7ccccc7)c6c5)cccc43)c2-c2ccccc2)cc1. The van der Waals surface area contributed by atoms with Crippen molar-refractivity contribution in [3.63, 3.8) is 0 Å². The number of para-hydroxylation sites is 3. The first-order valence-corrected chi connectivity index (χ1v) is 17.2. The van der Waals surface area contributed by atoms with E-state index in [0.29, 0.717) is 0 Å². The summed E-state index contributed by atoms with van der Waals surface area (Å²) in [6, 6.07) is 70.4. The highest BCUT2D eigenvalue weighted by Gasteiger charge is 2.21. The van der Waals surface area contributed by atoms with Crippen molar-refractivity contribution in [3.8, 4) is 44.8 Å². The van der Waals surface area contributed by atoms with Crippen molar-refractivity contribution in [1.29, 1.82) is 0 Å². The monoisotopic (exact) mass is 636 g/mol. The van der Waals surface area contributed by atoms with Crippen LogP contribution < -0.4 is 0 Å². The van der Waals surface area contributed by atoms with Crippen LogP contribution in [-0.4, -0.2) is 9.13 Å². The molecule has 0 aliphatic heterocycles. The van der Waals surface area contributed by atoms with Gasteiger partial charge in [-0.3, -0.25) is 0 Å². The lowest BCUT2D eigenvalue weighted by atomic mass is 9.92. The normalized spacial score (nSPS) is 11.6. The van der Waals surface area contributed by atoms with Gasteiger partial charge >= 0.3 is 0 Å². The van der Waals surface area contributed by atoms with Gasteiger partial charge in [-0.25, -0.2) is 0 Å². The molecule has 234 valence electrons. The van der Waals surface area contributed by atoms with Crippen LogP contribution in [0.5, 0.6) is 0 Å². The Morgan fingerprint density at radius 2 is 0.860 bits per heavy atom. The van der Waals surface area contributed by atoms with Crippen LogP contribution in [0, 0.1) is 0 Å². The van der Waals surface area contributed by atoms with Gasteiger partial charge in [0.05, 0.1) is 27.8 Å². The van der Waals surface area contributed by atoms with Crippen LogP contribution >= 0.6 is 0 Å². The van der Waals surface area contributed by atoms with E-state index in [-0.39, 0.29) is 0 Å². The molecule has 10 rings (SSSR count). The maximum atomic E-state index is 2.47. The number of fused-ring (bicyclic) bond motifs is 6. The fraction of sp³-hybridized carbons (Fsp3) is 0. The molecule has 2 aromatic heterocycles. The molecule has 8 aromatic carbocycles. The van der Waals surface area contributed by atoms with Crippen molar-refractivity contribution in [2.75, 3.05) is 0 Å². The van der Waals surface area contributed by atoms with Gasteiger partial charge in [-0.1, -0.05) is 152 Å². The second kappa shape index (κ2) is 11.5. The number of nitrogens with zero attached hydrogens (tertiary/aromatic N) is 2. The quantitative estimate of drug-likeness (QED) is 0.178. The van der Waals surface area contributed by atoms with Gasteiger partial charge in [-0.15, -0.1) is 0 Å². The summed E-state index contributed by atoms with van der Waals surface area (Å²) in [6.45, 7) is 0. The molecule has 10 aromatic rings. The molecule has 2 heterocycles. The summed E-state index contributed by atoms with van der Waals surface area (Å²) in [5.74, 6) is 0. The van der Waals surface area contributed by atoms with Gasteiger partial charge in [-0.2, -0.15) is 0 Å². The van der Waals surface area contributed by atoms with E-state index in [1.807, 2.05) is 0 Å². The number of benzene rings is 8. The molecular weight excluding hydrogens is 605 g/mol. The Morgan fingerprint density at radius 1 is 0.300 bits per heavy atom. The lowest BCUT2D eigenvalue weighted by Gasteiger charge is -2.18. The lowest BCUT2D eigenvalue weighted by Crippen LogP contribution is -1.99. The highest BCUT2D eigenvalue weighted by Crippen LogP contribution is 2.44. The molecule has 50 heavy (non-hydrogen) atoms. The molecule has 0 spiro atoms. The van der Waals surface area contributed by atoms with E-state index < -0.39 is 0 Å². The van der Waals surface area contributed by atoms with Crippen molar-refractivity contribution >= 4 is 43.6 Å². The fourth-order valence-electron chi connectivity index (χ4n) is 8.01. The summed E-state index contributed by atoms with van der Waals surface area (Å²) in [4.78, 5) is 0. The summed E-state index contributed by atoms with van der Waals surface area (Å²) in [6.07, 6.45) is 0. The van der Waals surface area contributed by atoms with Crippen molar-refractivity contribution in [2.45, 2.75) is 0 Å². The van der Waals surface area contributed by atoms with Gasteiger partial charge in [-0.05, 0) is 70.3 Å². The van der Waals surface area contributed by atoms with Gasteiger partial charge in [0.2, 0.25) is 0 Å². The van der Waals surface area contributed by atoms with Crippen molar-refractivity contribution in [3.05, 3.63) is 194 Å². The summed E-state index contributed by atoms with van der Waals surface area (Å²) < 4.78 is 4.88. The van der Waals surface area contributed by atoms with E-state index >= 15 is 0 Å². The first kappa shape index (κ1) is 28.4. The average molecular weight is 637 g/mol. The number of aromatic nitrogens is 2. The van der Waals surface area contributed by atoms with E-state index in [9.17, 15) is 0 Å². The van der Waals surface area contributed by atoms with Crippen LogP contribution in [0.4, 0.5) is 0 Å². The van der Waals surface area contributed by atoms with E-state index in [1.165, 1.54) is 82.7 Å². The Balaban J connectivity index is 1.27. The Labute approximate surface area is 290 Å². The molecule has 0 unspecified atom stereocenters. The molecule has 0 amide bonds. The predicted molar refractivity (Wildman–Crippen MR) is 211 cm³/mol. The molecule has 2 heteroatoms. The zero-order valence-electron chi connectivity index (χ0n) is 27.4. The zero-order chi connectivity index (χ0) is 33.0. The minimum Gasteiger partial charge on any atom is -0.309 e. The minimum absolute atomic E-state index is 1.16. The van der Waals surface area contributed by atoms with E-state index in [1.54, 1.807) is 0 Å². The Hall–Kier alpha value is -6.64. The zero-order valence-corrected chi connectivity index (χ0v) is 27.4. The molecule has 0 aliphatic rings. The fourth-order valence-corrected chi connectivity index (χ4v) is 8.01. The second-order valence-electron chi connectivity index (χ2n) is 12.9. The third-order valence-corrected chi connectivity index (χ3v) is 10.1. The minimum atomic E-state index is 1.16. The van der Waals surface area contributed by atoms with Crippen molar-refractivity contribution < 1.29 is 0 Å². The Morgan fingerprint density at radius 3 is 1.62 bits per heavy atom. The second-order valence-corrected chi connectivity index (χ2v) is 12.9. The van der Waals surface area contributed by atoms with Crippen LogP contribution in [0.25, 0.3) is 88.4 Å². The molecule has 0 bridgehead atoms. The molecule has 0 radical (unpaired) electrons. The number of hydrogen-bond acceptors (Lipinski definition) is 0. The average Bonchev–Trinajstić information content (AvgIpc) is 3.71. The maximum Gasteiger partial charge on any atom is 0.0547 e. The Bertz CT molecular complexity index is 2840. The molecule has 0 aliphatic carbocycles. The maximum absolute atomic E-state index is 2.47. The summed E-state index contributed by atoms with van der Waals surface area (Å²) >= 11 is 0. The third-order valence-electron chi connectivity index (χ3n) is 10.1. The predicted octanol–water partition coefficient (Wildman–Crippen LogP) is 12.9. The van der Waals surface area contributed by atoms with Crippen LogP contribution in [-0.2, 0) is 0 Å². The summed E-state index contributed by atoms with van der Waals surface area (Å²) in [5.41, 5.74) is 14.4. The van der Waals surface area contributed by atoms with Crippen LogP contribution in [0.3, 0.4) is 0 Å².